The minimum atomic E-state index is -1.58. The number of para-hydroxylation sites is 2. The van der Waals surface area contributed by atoms with E-state index in [9.17, 15) is 9.90 Å². The van der Waals surface area contributed by atoms with Crippen molar-refractivity contribution < 1.29 is 9.90 Å². The predicted octanol–water partition coefficient (Wildman–Crippen LogP) is 3.53. The lowest BCUT2D eigenvalue weighted by Crippen LogP contribution is -2.44. The first-order chi connectivity index (χ1) is 12.7. The Morgan fingerprint density at radius 3 is 2.19 bits per heavy atom. The van der Waals surface area contributed by atoms with Gasteiger partial charge in [-0.25, -0.2) is 0 Å². The van der Waals surface area contributed by atoms with Gasteiger partial charge in [-0.1, -0.05) is 66.7 Å². The van der Waals surface area contributed by atoms with E-state index in [1.165, 1.54) is 0 Å². The first kappa shape index (κ1) is 16.4. The Labute approximate surface area is 152 Å². The lowest BCUT2D eigenvalue weighted by molar-refractivity contribution is -0.134. The van der Waals surface area contributed by atoms with E-state index >= 15 is 0 Å². The quantitative estimate of drug-likeness (QED) is 0.744. The van der Waals surface area contributed by atoms with Crippen molar-refractivity contribution in [1.29, 1.82) is 0 Å². The molecule has 4 rings (SSSR count). The highest BCUT2D eigenvalue weighted by Crippen LogP contribution is 2.41. The number of nitrogens with one attached hydrogen (secondary N) is 1. The largest absolute Gasteiger partial charge is 0.381 e. The Morgan fingerprint density at radius 1 is 0.846 bits per heavy atom. The number of hydrogen-bond donors (Lipinski definition) is 2. The SMILES string of the molecule is O=C1N(Cc2ccccc2)c2ccccc2[C@@]1(O)CNc1ccccc1. The van der Waals surface area contributed by atoms with Crippen molar-refractivity contribution in [3.8, 4) is 0 Å². The minimum absolute atomic E-state index is 0.123. The van der Waals surface area contributed by atoms with Crippen molar-refractivity contribution in [2.45, 2.75) is 12.1 Å². The molecule has 0 bridgehead atoms. The summed E-state index contributed by atoms with van der Waals surface area (Å²) < 4.78 is 0. The fourth-order valence-electron chi connectivity index (χ4n) is 3.39. The van der Waals surface area contributed by atoms with Crippen molar-refractivity contribution in [3.63, 3.8) is 0 Å². The smallest absolute Gasteiger partial charge is 0.265 e. The number of carbonyl (C=O) groups excluding carboxylic acids is 1. The van der Waals surface area contributed by atoms with E-state index in [0.29, 0.717) is 12.1 Å². The number of anilines is 2. The van der Waals surface area contributed by atoms with Crippen molar-refractivity contribution >= 4 is 17.3 Å². The van der Waals surface area contributed by atoms with Crippen LogP contribution in [0.4, 0.5) is 11.4 Å². The zero-order chi connectivity index (χ0) is 18.0. The van der Waals surface area contributed by atoms with Crippen LogP contribution in [0, 0.1) is 0 Å². The van der Waals surface area contributed by atoms with Crippen molar-refractivity contribution in [1.82, 2.24) is 0 Å². The van der Waals surface area contributed by atoms with E-state index in [2.05, 4.69) is 5.32 Å². The summed E-state index contributed by atoms with van der Waals surface area (Å²) in [6, 6.07) is 26.8. The molecule has 1 atom stereocenters. The normalized spacial score (nSPS) is 18.7. The molecule has 0 aliphatic carbocycles. The van der Waals surface area contributed by atoms with Crippen LogP contribution >= 0.6 is 0 Å². The fourth-order valence-corrected chi connectivity index (χ4v) is 3.39. The molecule has 0 radical (unpaired) electrons. The molecule has 0 saturated carbocycles. The highest BCUT2D eigenvalue weighted by Gasteiger charge is 2.49. The van der Waals surface area contributed by atoms with Gasteiger partial charge in [0.15, 0.2) is 5.60 Å². The summed E-state index contributed by atoms with van der Waals surface area (Å²) in [6.07, 6.45) is 0. The first-order valence-electron chi connectivity index (χ1n) is 8.65. The second kappa shape index (κ2) is 6.65. The average molecular weight is 344 g/mol. The van der Waals surface area contributed by atoms with Crippen LogP contribution in [-0.2, 0) is 16.9 Å². The number of fused-ring (bicyclic) bond motifs is 1. The van der Waals surface area contributed by atoms with Gasteiger partial charge in [0.2, 0.25) is 0 Å². The molecule has 1 aliphatic heterocycles. The van der Waals surface area contributed by atoms with Crippen LogP contribution < -0.4 is 10.2 Å². The van der Waals surface area contributed by atoms with Gasteiger partial charge in [-0.15, -0.1) is 0 Å². The maximum atomic E-state index is 13.1. The molecule has 0 aromatic heterocycles. The molecule has 3 aromatic rings. The number of aliphatic hydroxyl groups is 1. The molecule has 0 unspecified atom stereocenters. The van der Waals surface area contributed by atoms with Gasteiger partial charge in [0.1, 0.15) is 0 Å². The lowest BCUT2D eigenvalue weighted by atomic mass is 9.95. The molecule has 130 valence electrons. The minimum Gasteiger partial charge on any atom is -0.381 e. The van der Waals surface area contributed by atoms with Gasteiger partial charge in [-0.05, 0) is 23.8 Å². The van der Waals surface area contributed by atoms with Gasteiger partial charge >= 0.3 is 0 Å². The van der Waals surface area contributed by atoms with Gasteiger partial charge < -0.3 is 15.3 Å². The van der Waals surface area contributed by atoms with E-state index in [0.717, 1.165) is 16.9 Å². The maximum absolute atomic E-state index is 13.1. The zero-order valence-corrected chi connectivity index (χ0v) is 14.3. The third-order valence-corrected chi connectivity index (χ3v) is 4.75. The molecule has 1 aliphatic rings. The van der Waals surface area contributed by atoms with E-state index in [-0.39, 0.29) is 12.5 Å². The fraction of sp³-hybridized carbons (Fsp3) is 0.136. The highest BCUT2D eigenvalue weighted by molar-refractivity contribution is 6.07. The Balaban J connectivity index is 1.64. The van der Waals surface area contributed by atoms with Gasteiger partial charge in [0.05, 0.1) is 18.8 Å². The summed E-state index contributed by atoms with van der Waals surface area (Å²) in [5.74, 6) is -0.300. The monoisotopic (exact) mass is 344 g/mol. The molecule has 4 heteroatoms. The molecule has 0 spiro atoms. The molecule has 1 heterocycles. The van der Waals surface area contributed by atoms with Gasteiger partial charge in [0.25, 0.3) is 5.91 Å². The summed E-state index contributed by atoms with van der Waals surface area (Å²) in [5, 5.41) is 14.5. The maximum Gasteiger partial charge on any atom is 0.265 e. The Bertz CT molecular complexity index is 912. The molecule has 4 nitrogen and oxygen atoms in total. The summed E-state index contributed by atoms with van der Waals surface area (Å²) in [7, 11) is 0. The second-order valence-electron chi connectivity index (χ2n) is 6.47. The molecule has 0 fully saturated rings. The Hall–Kier alpha value is -3.11. The number of rotatable bonds is 5. The Morgan fingerprint density at radius 2 is 1.46 bits per heavy atom. The summed E-state index contributed by atoms with van der Waals surface area (Å²) in [4.78, 5) is 14.8. The number of carbonyl (C=O) groups is 1. The summed E-state index contributed by atoms with van der Waals surface area (Å²) in [6.45, 7) is 0.558. The van der Waals surface area contributed by atoms with Gasteiger partial charge in [-0.2, -0.15) is 0 Å². The van der Waals surface area contributed by atoms with E-state index < -0.39 is 5.60 Å². The van der Waals surface area contributed by atoms with Crippen LogP contribution in [0.2, 0.25) is 0 Å². The summed E-state index contributed by atoms with van der Waals surface area (Å²) in [5.41, 5.74) is 1.72. The second-order valence-corrected chi connectivity index (χ2v) is 6.47. The third-order valence-electron chi connectivity index (χ3n) is 4.75. The van der Waals surface area contributed by atoms with E-state index in [1.807, 2.05) is 84.9 Å². The predicted molar refractivity (Wildman–Crippen MR) is 103 cm³/mol. The molecule has 0 saturated heterocycles. The van der Waals surface area contributed by atoms with Crippen LogP contribution in [0.1, 0.15) is 11.1 Å². The average Bonchev–Trinajstić information content (AvgIpc) is 2.91. The van der Waals surface area contributed by atoms with E-state index in [1.54, 1.807) is 4.90 Å². The molecular weight excluding hydrogens is 324 g/mol. The number of nitrogens with zero attached hydrogens (tertiary/aromatic N) is 1. The summed E-state index contributed by atoms with van der Waals surface area (Å²) >= 11 is 0. The number of amides is 1. The molecule has 26 heavy (non-hydrogen) atoms. The van der Waals surface area contributed by atoms with Crippen LogP contribution in [0.15, 0.2) is 84.9 Å². The lowest BCUT2D eigenvalue weighted by Gasteiger charge is -2.24. The third kappa shape index (κ3) is 2.85. The number of benzene rings is 3. The van der Waals surface area contributed by atoms with Crippen LogP contribution in [0.3, 0.4) is 0 Å². The highest BCUT2D eigenvalue weighted by atomic mass is 16.3. The topological polar surface area (TPSA) is 52.6 Å². The number of hydrogen-bond acceptors (Lipinski definition) is 3. The zero-order valence-electron chi connectivity index (χ0n) is 14.3. The molecule has 3 aromatic carbocycles. The molecular formula is C22H20N2O2. The first-order valence-corrected chi connectivity index (χ1v) is 8.65. The van der Waals surface area contributed by atoms with Crippen LogP contribution in [0.5, 0.6) is 0 Å². The standard InChI is InChI=1S/C22H20N2O2/c25-21-22(26,16-23-18-11-5-2-6-12-18)19-13-7-8-14-20(19)24(21)15-17-9-3-1-4-10-17/h1-14,23,26H,15-16H2/t22-/m0/s1. The van der Waals surface area contributed by atoms with Crippen molar-refractivity contribution in [3.05, 3.63) is 96.1 Å². The van der Waals surface area contributed by atoms with E-state index in [4.69, 9.17) is 0 Å². The van der Waals surface area contributed by atoms with Gasteiger partial charge in [-0.3, -0.25) is 4.79 Å². The van der Waals surface area contributed by atoms with Gasteiger partial charge in [0, 0.05) is 11.3 Å². The molecule has 2 N–H and O–H groups in total. The Kier molecular flexibility index (Phi) is 4.19. The van der Waals surface area contributed by atoms with Crippen LogP contribution in [-0.4, -0.2) is 17.6 Å². The van der Waals surface area contributed by atoms with Crippen LogP contribution in [0.25, 0.3) is 0 Å². The van der Waals surface area contributed by atoms with Crippen molar-refractivity contribution in [2.24, 2.45) is 0 Å². The molecule has 1 amide bonds. The van der Waals surface area contributed by atoms with Crippen molar-refractivity contribution in [2.75, 3.05) is 16.8 Å².